The predicted octanol–water partition coefficient (Wildman–Crippen LogP) is 3.10. The average molecular weight is 373 g/mol. The van der Waals surface area contributed by atoms with Crippen LogP contribution in [0.3, 0.4) is 0 Å². The van der Waals surface area contributed by atoms with Crippen molar-refractivity contribution in [2.24, 2.45) is 0 Å². The number of aromatic nitrogens is 4. The molecule has 0 fully saturated rings. The van der Waals surface area contributed by atoms with E-state index in [1.807, 2.05) is 36.4 Å². The number of nitrogens with zero attached hydrogens (tertiary/aromatic N) is 4. The van der Waals surface area contributed by atoms with Crippen LogP contribution in [-0.4, -0.2) is 32.6 Å². The Bertz CT molecular complexity index is 1060. The number of allylic oxidation sites excluding steroid dienone is 2. The van der Waals surface area contributed by atoms with E-state index in [0.29, 0.717) is 12.4 Å². The van der Waals surface area contributed by atoms with Crippen molar-refractivity contribution in [1.82, 2.24) is 19.7 Å². The van der Waals surface area contributed by atoms with Gasteiger partial charge < -0.3 is 10.1 Å². The van der Waals surface area contributed by atoms with Crippen molar-refractivity contribution in [3.63, 3.8) is 0 Å². The Hall–Kier alpha value is -3.48. The number of benzene rings is 1. The normalized spacial score (nSPS) is 21.0. The first-order valence-corrected chi connectivity index (χ1v) is 9.21. The Morgan fingerprint density at radius 1 is 1.14 bits per heavy atom. The van der Waals surface area contributed by atoms with Crippen LogP contribution in [0.15, 0.2) is 66.4 Å². The molecule has 1 aliphatic carbocycles. The van der Waals surface area contributed by atoms with E-state index >= 15 is 0 Å². The number of nitrogens with one attached hydrogen (secondary N) is 1. The Labute approximate surface area is 162 Å². The van der Waals surface area contributed by atoms with Gasteiger partial charge >= 0.3 is 0 Å². The molecular formula is C21H19N5O2. The van der Waals surface area contributed by atoms with Gasteiger partial charge in [0.15, 0.2) is 5.78 Å². The Morgan fingerprint density at radius 3 is 2.75 bits per heavy atom. The van der Waals surface area contributed by atoms with E-state index in [0.717, 1.165) is 34.6 Å². The summed E-state index contributed by atoms with van der Waals surface area (Å²) < 4.78 is 7.01. The molecule has 2 aromatic heterocycles. The minimum atomic E-state index is -0.299. The Kier molecular flexibility index (Phi) is 3.93. The number of carbonyl (C=O) groups is 1. The van der Waals surface area contributed by atoms with Crippen molar-refractivity contribution in [2.75, 3.05) is 12.4 Å². The van der Waals surface area contributed by atoms with Crippen LogP contribution in [0.2, 0.25) is 0 Å². The molecule has 5 rings (SSSR count). The number of carbonyl (C=O) groups excluding carboxylic acids is 1. The van der Waals surface area contributed by atoms with E-state index in [9.17, 15) is 4.79 Å². The molecule has 140 valence electrons. The fourth-order valence-electron chi connectivity index (χ4n) is 4.11. The van der Waals surface area contributed by atoms with Gasteiger partial charge in [-0.05, 0) is 41.7 Å². The summed E-state index contributed by atoms with van der Waals surface area (Å²) in [7, 11) is 1.65. The van der Waals surface area contributed by atoms with Gasteiger partial charge in [0.05, 0.1) is 7.11 Å². The van der Waals surface area contributed by atoms with Crippen molar-refractivity contribution < 1.29 is 9.53 Å². The number of Topliss-reactive ketones (excluding diaryl/α,β-unsaturated/α-hetero) is 1. The zero-order valence-electron chi connectivity index (χ0n) is 15.4. The molecule has 1 N–H and O–H groups in total. The quantitative estimate of drug-likeness (QED) is 0.760. The molecule has 0 unspecified atom stereocenters. The second-order valence-electron chi connectivity index (χ2n) is 7.04. The summed E-state index contributed by atoms with van der Waals surface area (Å²) in [5.41, 5.74) is 3.74. The number of anilines is 1. The van der Waals surface area contributed by atoms with Crippen LogP contribution in [-0.2, 0) is 4.79 Å². The molecule has 3 heterocycles. The summed E-state index contributed by atoms with van der Waals surface area (Å²) in [4.78, 5) is 21.8. The molecule has 1 aliphatic heterocycles. The van der Waals surface area contributed by atoms with Gasteiger partial charge in [0, 0.05) is 30.1 Å². The standard InChI is InChI=1S/C21H19N5O2/c1-28-16-6-4-13(5-7-16)15-9-17-19(18(27)10-15)20(14-3-2-8-22-11-14)26-21(25-17)23-12-24-26/h2-8,11-12,15,20H,9-10H2,1H3,(H,23,24,25)/t15-,20-/m1/s1. The van der Waals surface area contributed by atoms with Gasteiger partial charge in [0.1, 0.15) is 18.1 Å². The zero-order chi connectivity index (χ0) is 19.1. The molecule has 0 bridgehead atoms. The van der Waals surface area contributed by atoms with Crippen LogP contribution in [0.5, 0.6) is 5.75 Å². The molecular weight excluding hydrogens is 354 g/mol. The highest BCUT2D eigenvalue weighted by Crippen LogP contribution is 2.43. The van der Waals surface area contributed by atoms with Gasteiger partial charge in [-0.2, -0.15) is 10.1 Å². The first kappa shape index (κ1) is 16.7. The lowest BCUT2D eigenvalue weighted by atomic mass is 9.78. The number of methoxy groups -OCH3 is 1. The SMILES string of the molecule is COc1ccc([C@H]2CC(=O)C3=C(C2)Nc2ncnn2[C@@H]3c2cccnc2)cc1. The third-order valence-electron chi connectivity index (χ3n) is 5.45. The first-order valence-electron chi connectivity index (χ1n) is 9.21. The molecule has 0 saturated heterocycles. The number of ketones is 1. The van der Waals surface area contributed by atoms with Gasteiger partial charge in [-0.3, -0.25) is 9.78 Å². The van der Waals surface area contributed by atoms with Crippen LogP contribution in [0.1, 0.15) is 35.9 Å². The molecule has 28 heavy (non-hydrogen) atoms. The van der Waals surface area contributed by atoms with Gasteiger partial charge in [0.25, 0.3) is 0 Å². The van der Waals surface area contributed by atoms with Crippen molar-refractivity contribution in [3.05, 3.63) is 77.5 Å². The van der Waals surface area contributed by atoms with Gasteiger partial charge in [-0.1, -0.05) is 18.2 Å². The number of ether oxygens (including phenoxy) is 1. The number of hydrogen-bond donors (Lipinski definition) is 1. The smallest absolute Gasteiger partial charge is 0.226 e. The lowest BCUT2D eigenvalue weighted by Gasteiger charge is -2.35. The van der Waals surface area contributed by atoms with Crippen LogP contribution in [0.4, 0.5) is 5.95 Å². The van der Waals surface area contributed by atoms with Crippen molar-refractivity contribution >= 4 is 11.7 Å². The van der Waals surface area contributed by atoms with E-state index in [1.165, 1.54) is 6.33 Å². The van der Waals surface area contributed by atoms with E-state index in [-0.39, 0.29) is 17.7 Å². The maximum Gasteiger partial charge on any atom is 0.226 e. The average Bonchev–Trinajstić information content (AvgIpc) is 3.21. The molecule has 0 spiro atoms. The summed E-state index contributed by atoms with van der Waals surface area (Å²) >= 11 is 0. The summed E-state index contributed by atoms with van der Waals surface area (Å²) in [5.74, 6) is 1.71. The van der Waals surface area contributed by atoms with Crippen LogP contribution in [0.25, 0.3) is 0 Å². The summed E-state index contributed by atoms with van der Waals surface area (Å²) in [6.45, 7) is 0. The molecule has 1 aromatic carbocycles. The molecule has 3 aromatic rings. The summed E-state index contributed by atoms with van der Waals surface area (Å²) in [6, 6.07) is 11.5. The fourth-order valence-corrected chi connectivity index (χ4v) is 4.11. The molecule has 0 amide bonds. The molecule has 2 atom stereocenters. The van der Waals surface area contributed by atoms with E-state index in [4.69, 9.17) is 4.74 Å². The van der Waals surface area contributed by atoms with E-state index < -0.39 is 0 Å². The first-order chi connectivity index (χ1) is 13.7. The highest BCUT2D eigenvalue weighted by molar-refractivity contribution is 6.00. The lowest BCUT2D eigenvalue weighted by molar-refractivity contribution is -0.116. The number of pyridine rings is 1. The van der Waals surface area contributed by atoms with Crippen LogP contribution < -0.4 is 10.1 Å². The largest absolute Gasteiger partial charge is 0.497 e. The second-order valence-corrected chi connectivity index (χ2v) is 7.04. The molecule has 7 nitrogen and oxygen atoms in total. The maximum atomic E-state index is 13.2. The van der Waals surface area contributed by atoms with E-state index in [2.05, 4.69) is 20.4 Å². The number of hydrogen-bond acceptors (Lipinski definition) is 6. The minimum Gasteiger partial charge on any atom is -0.497 e. The van der Waals surface area contributed by atoms with Crippen molar-refractivity contribution in [1.29, 1.82) is 0 Å². The Balaban J connectivity index is 1.55. The van der Waals surface area contributed by atoms with Crippen molar-refractivity contribution in [2.45, 2.75) is 24.8 Å². The topological polar surface area (TPSA) is 81.9 Å². The van der Waals surface area contributed by atoms with Gasteiger partial charge in [-0.15, -0.1) is 0 Å². The highest BCUT2D eigenvalue weighted by atomic mass is 16.5. The molecule has 0 saturated carbocycles. The summed E-state index contributed by atoms with van der Waals surface area (Å²) in [5, 5.41) is 7.69. The number of rotatable bonds is 3. The molecule has 7 heteroatoms. The van der Waals surface area contributed by atoms with Gasteiger partial charge in [0.2, 0.25) is 5.95 Å². The minimum absolute atomic E-state index is 0.119. The van der Waals surface area contributed by atoms with E-state index in [1.54, 1.807) is 24.2 Å². The van der Waals surface area contributed by atoms with Crippen molar-refractivity contribution in [3.8, 4) is 5.75 Å². The van der Waals surface area contributed by atoms with Crippen LogP contribution >= 0.6 is 0 Å². The molecule has 0 radical (unpaired) electrons. The fraction of sp³-hybridized carbons (Fsp3) is 0.238. The third kappa shape index (κ3) is 2.67. The highest BCUT2D eigenvalue weighted by Gasteiger charge is 2.39. The lowest BCUT2D eigenvalue weighted by Crippen LogP contribution is -2.33. The second kappa shape index (κ2) is 6.60. The molecule has 2 aliphatic rings. The predicted molar refractivity (Wildman–Crippen MR) is 103 cm³/mol. The summed E-state index contributed by atoms with van der Waals surface area (Å²) in [6.07, 6.45) is 6.24. The monoisotopic (exact) mass is 373 g/mol. The Morgan fingerprint density at radius 2 is 2.00 bits per heavy atom. The van der Waals surface area contributed by atoms with Gasteiger partial charge in [-0.25, -0.2) is 4.68 Å². The zero-order valence-corrected chi connectivity index (χ0v) is 15.4. The van der Waals surface area contributed by atoms with Crippen LogP contribution in [0, 0.1) is 0 Å². The number of fused-ring (bicyclic) bond motifs is 1. The maximum absolute atomic E-state index is 13.2. The third-order valence-corrected chi connectivity index (χ3v) is 5.45.